The maximum Gasteiger partial charge on any atom is 0.185 e. The number of nitrogens with zero attached hydrogens (tertiary/aromatic N) is 4. The first-order valence-corrected chi connectivity index (χ1v) is 11.4. The minimum absolute atomic E-state index is 0.250. The van der Waals surface area contributed by atoms with Gasteiger partial charge in [-0.2, -0.15) is 11.3 Å². The van der Waals surface area contributed by atoms with E-state index in [1.165, 1.54) is 10.4 Å². The summed E-state index contributed by atoms with van der Waals surface area (Å²) in [6, 6.07) is 2.62. The van der Waals surface area contributed by atoms with Gasteiger partial charge in [-0.3, -0.25) is 9.80 Å². The number of ether oxygens (including phenoxy) is 1. The number of thiophene rings is 1. The number of piperazine rings is 1. The molecule has 0 amide bonds. The molecule has 0 unspecified atom stereocenters. The van der Waals surface area contributed by atoms with Crippen LogP contribution >= 0.6 is 22.7 Å². The van der Waals surface area contributed by atoms with Crippen LogP contribution in [0.4, 0.5) is 5.13 Å². The van der Waals surface area contributed by atoms with Crippen molar-refractivity contribution in [3.63, 3.8) is 0 Å². The number of hydrogen-bond acceptors (Lipinski definition) is 8. The summed E-state index contributed by atoms with van der Waals surface area (Å²) in [5.74, 6) is 0. The van der Waals surface area contributed by atoms with Crippen molar-refractivity contribution in [1.29, 1.82) is 0 Å². The molecule has 1 atom stereocenters. The van der Waals surface area contributed by atoms with Gasteiger partial charge in [0.15, 0.2) is 5.13 Å². The summed E-state index contributed by atoms with van der Waals surface area (Å²) in [5.41, 5.74) is 1.38. The number of aliphatic hydroxyl groups excluding tert-OH is 1. The molecule has 0 saturated carbocycles. The second-order valence-corrected chi connectivity index (χ2v) is 9.09. The van der Waals surface area contributed by atoms with Crippen LogP contribution in [-0.4, -0.2) is 78.5 Å². The number of aliphatic hydroxyl groups is 1. The molecule has 1 N–H and O–H groups in total. The molecule has 4 heterocycles. The monoisotopic (exact) mass is 408 g/mol. The number of aromatic nitrogens is 1. The predicted molar refractivity (Wildman–Crippen MR) is 111 cm³/mol. The Bertz CT molecular complexity index is 688. The van der Waals surface area contributed by atoms with Gasteiger partial charge in [-0.05, 0) is 28.8 Å². The van der Waals surface area contributed by atoms with Gasteiger partial charge in [0.05, 0.1) is 13.2 Å². The highest BCUT2D eigenvalue weighted by Crippen LogP contribution is 2.26. The highest BCUT2D eigenvalue weighted by Gasteiger charge is 2.27. The van der Waals surface area contributed by atoms with E-state index < -0.39 is 0 Å². The molecule has 27 heavy (non-hydrogen) atoms. The maximum absolute atomic E-state index is 9.52. The van der Waals surface area contributed by atoms with Crippen LogP contribution in [0.25, 0.3) is 0 Å². The Balaban J connectivity index is 1.34. The fourth-order valence-corrected chi connectivity index (χ4v) is 5.50. The number of hydrogen-bond donors (Lipinski definition) is 1. The topological polar surface area (TPSA) is 52.1 Å². The van der Waals surface area contributed by atoms with E-state index in [2.05, 4.69) is 36.5 Å². The number of rotatable bonds is 7. The molecule has 0 aromatic carbocycles. The molecule has 2 aliphatic heterocycles. The largest absolute Gasteiger partial charge is 0.396 e. The van der Waals surface area contributed by atoms with Crippen LogP contribution in [0.15, 0.2) is 23.0 Å². The van der Waals surface area contributed by atoms with Crippen molar-refractivity contribution in [3.05, 3.63) is 33.5 Å². The molecule has 2 aromatic heterocycles. The highest BCUT2D eigenvalue weighted by molar-refractivity contribution is 7.15. The van der Waals surface area contributed by atoms with E-state index in [1.54, 1.807) is 11.3 Å². The molecule has 0 aliphatic carbocycles. The van der Waals surface area contributed by atoms with Gasteiger partial charge >= 0.3 is 0 Å². The fraction of sp³-hybridized carbons (Fsp3) is 0.632. The lowest BCUT2D eigenvalue weighted by atomic mass is 10.1. The Hall–Kier alpha value is -1.03. The van der Waals surface area contributed by atoms with Crippen molar-refractivity contribution in [3.8, 4) is 0 Å². The molecule has 0 spiro atoms. The van der Waals surface area contributed by atoms with Gasteiger partial charge in [0.2, 0.25) is 0 Å². The lowest BCUT2D eigenvalue weighted by Gasteiger charge is -2.41. The standard InChI is InChI=1S/C19H28N4O2S2/c24-7-1-17-13-21(3-4-23(17)12-16-2-10-26-15-16)14-18-11-20-19(27-18)22-5-8-25-9-6-22/h2,10-11,15,17,24H,1,3-9,12-14H2/t17-/m0/s1. The van der Waals surface area contributed by atoms with Gasteiger partial charge in [0.25, 0.3) is 0 Å². The van der Waals surface area contributed by atoms with Crippen LogP contribution in [-0.2, 0) is 17.8 Å². The van der Waals surface area contributed by atoms with Crippen molar-refractivity contribution in [2.45, 2.75) is 25.6 Å². The van der Waals surface area contributed by atoms with Gasteiger partial charge in [-0.15, -0.1) is 11.3 Å². The second-order valence-electron chi connectivity index (χ2n) is 7.21. The van der Waals surface area contributed by atoms with E-state index in [0.717, 1.165) is 70.6 Å². The summed E-state index contributed by atoms with van der Waals surface area (Å²) in [4.78, 5) is 13.3. The Labute approximate surface area is 169 Å². The van der Waals surface area contributed by atoms with Crippen LogP contribution < -0.4 is 4.90 Å². The van der Waals surface area contributed by atoms with E-state index in [4.69, 9.17) is 4.74 Å². The molecule has 2 aromatic rings. The maximum atomic E-state index is 9.52. The first-order valence-electron chi connectivity index (χ1n) is 9.67. The van der Waals surface area contributed by atoms with Gasteiger partial charge in [-0.25, -0.2) is 4.98 Å². The zero-order valence-electron chi connectivity index (χ0n) is 15.6. The molecule has 0 radical (unpaired) electrons. The summed E-state index contributed by atoms with van der Waals surface area (Å²) < 4.78 is 5.43. The van der Waals surface area contributed by atoms with Crippen LogP contribution in [0, 0.1) is 0 Å². The van der Waals surface area contributed by atoms with Crippen molar-refractivity contribution in [2.24, 2.45) is 0 Å². The van der Waals surface area contributed by atoms with Crippen molar-refractivity contribution in [2.75, 3.05) is 57.4 Å². The van der Waals surface area contributed by atoms with Crippen LogP contribution in [0.5, 0.6) is 0 Å². The zero-order valence-corrected chi connectivity index (χ0v) is 17.3. The first kappa shape index (κ1) is 19.3. The molecule has 4 rings (SSSR count). The summed E-state index contributed by atoms with van der Waals surface area (Å²) in [5, 5.41) is 15.0. The molecular weight excluding hydrogens is 380 g/mol. The predicted octanol–water partition coefficient (Wildman–Crippen LogP) is 2.11. The quantitative estimate of drug-likeness (QED) is 0.757. The van der Waals surface area contributed by atoms with Gasteiger partial charge in [0.1, 0.15) is 0 Å². The summed E-state index contributed by atoms with van der Waals surface area (Å²) in [6.07, 6.45) is 2.87. The van der Waals surface area contributed by atoms with Crippen molar-refractivity contribution < 1.29 is 9.84 Å². The van der Waals surface area contributed by atoms with E-state index >= 15 is 0 Å². The van der Waals surface area contributed by atoms with E-state index in [0.29, 0.717) is 6.04 Å². The molecule has 148 valence electrons. The Morgan fingerprint density at radius 1 is 1.19 bits per heavy atom. The molecule has 0 bridgehead atoms. The van der Waals surface area contributed by atoms with E-state index in [-0.39, 0.29) is 6.61 Å². The van der Waals surface area contributed by atoms with Crippen LogP contribution in [0.1, 0.15) is 16.9 Å². The summed E-state index contributed by atoms with van der Waals surface area (Å²) in [6.45, 7) is 8.79. The average Bonchev–Trinajstić information content (AvgIpc) is 3.37. The molecule has 6 nitrogen and oxygen atoms in total. The van der Waals surface area contributed by atoms with E-state index in [9.17, 15) is 5.11 Å². The zero-order chi connectivity index (χ0) is 18.5. The summed E-state index contributed by atoms with van der Waals surface area (Å²) >= 11 is 3.56. The smallest absolute Gasteiger partial charge is 0.185 e. The number of thiazole rings is 1. The SMILES string of the molecule is OCC[C@H]1CN(Cc2cnc(N3CCOCC3)s2)CCN1Cc1ccsc1. The Morgan fingerprint density at radius 2 is 2.07 bits per heavy atom. The lowest BCUT2D eigenvalue weighted by molar-refractivity contribution is 0.0505. The molecular formula is C19H28N4O2S2. The lowest BCUT2D eigenvalue weighted by Crippen LogP contribution is -2.52. The third-order valence-corrected chi connectivity index (χ3v) is 7.09. The minimum Gasteiger partial charge on any atom is -0.396 e. The third-order valence-electron chi connectivity index (χ3n) is 5.32. The first-order chi connectivity index (χ1) is 13.3. The number of morpholine rings is 1. The minimum atomic E-state index is 0.250. The van der Waals surface area contributed by atoms with E-state index in [1.807, 2.05) is 17.5 Å². The average molecular weight is 409 g/mol. The normalized spacial score (nSPS) is 22.4. The van der Waals surface area contributed by atoms with Crippen molar-refractivity contribution in [1.82, 2.24) is 14.8 Å². The fourth-order valence-electron chi connectivity index (χ4n) is 3.84. The van der Waals surface area contributed by atoms with Crippen LogP contribution in [0.2, 0.25) is 0 Å². The van der Waals surface area contributed by atoms with Crippen LogP contribution in [0.3, 0.4) is 0 Å². The Kier molecular flexibility index (Phi) is 6.75. The van der Waals surface area contributed by atoms with Crippen molar-refractivity contribution >= 4 is 27.8 Å². The molecule has 8 heteroatoms. The number of anilines is 1. The van der Waals surface area contributed by atoms with Gasteiger partial charge in [-0.1, -0.05) is 0 Å². The molecule has 2 saturated heterocycles. The summed E-state index contributed by atoms with van der Waals surface area (Å²) in [7, 11) is 0. The Morgan fingerprint density at radius 3 is 2.85 bits per heavy atom. The second kappa shape index (κ2) is 9.45. The molecule has 2 aliphatic rings. The molecule has 2 fully saturated rings. The third kappa shape index (κ3) is 5.07. The highest BCUT2D eigenvalue weighted by atomic mass is 32.1. The van der Waals surface area contributed by atoms with Gasteiger partial charge < -0.3 is 14.7 Å². The van der Waals surface area contributed by atoms with Gasteiger partial charge in [0, 0.05) is 69.5 Å².